The van der Waals surface area contributed by atoms with Crippen molar-refractivity contribution >= 4 is 32.8 Å². The summed E-state index contributed by atoms with van der Waals surface area (Å²) in [6, 6.07) is 29.3. The fourth-order valence-corrected chi connectivity index (χ4v) is 4.79. The van der Waals surface area contributed by atoms with E-state index in [-0.39, 0.29) is 20.1 Å². The van der Waals surface area contributed by atoms with Crippen LogP contribution in [-0.4, -0.2) is 29.2 Å². The zero-order valence-corrected chi connectivity index (χ0v) is 24.9. The largest absolute Gasteiger partial charge is 3.00 e. The first kappa shape index (κ1) is 29.0. The number of hydrogen-bond acceptors (Lipinski definition) is 2. The van der Waals surface area contributed by atoms with E-state index in [0.717, 1.165) is 50.5 Å². The molecule has 5 heteroatoms. The molecule has 37 heavy (non-hydrogen) atoms. The number of hydrogen-bond donors (Lipinski definition) is 0. The number of furan rings is 1. The van der Waals surface area contributed by atoms with E-state index >= 15 is 0 Å². The number of nitrogens with zero attached hydrogens (tertiary/aromatic N) is 3. The van der Waals surface area contributed by atoms with Crippen LogP contribution in [0.4, 0.5) is 0 Å². The monoisotopic (exact) mass is 671 g/mol. The summed E-state index contributed by atoms with van der Waals surface area (Å²) < 4.78 is 6.16. The molecular weight excluding hydrogens is 635 g/mol. The maximum Gasteiger partial charge on any atom is 3.00 e. The van der Waals surface area contributed by atoms with Crippen LogP contribution in [0.5, 0.6) is 0 Å². The number of para-hydroxylation sites is 2. The van der Waals surface area contributed by atoms with Crippen molar-refractivity contribution in [2.45, 2.75) is 72.1 Å². The average Bonchev–Trinajstić information content (AvgIpc) is 3.23. The summed E-state index contributed by atoms with van der Waals surface area (Å²) in [6.45, 7) is 12.8. The smallest absolute Gasteiger partial charge is 0.657 e. The predicted octanol–water partition coefficient (Wildman–Crippen LogP) is 9.32. The third-order valence-electron chi connectivity index (χ3n) is 5.97. The Morgan fingerprint density at radius 1 is 0.757 bits per heavy atom. The van der Waals surface area contributed by atoms with Crippen LogP contribution in [0, 0.1) is 6.07 Å². The molecule has 194 valence electrons. The second-order valence-corrected chi connectivity index (χ2v) is 9.98. The van der Waals surface area contributed by atoms with Gasteiger partial charge < -0.3 is 15.1 Å². The molecule has 3 aromatic carbocycles. The first-order valence-electron chi connectivity index (χ1n) is 12.9. The van der Waals surface area contributed by atoms with Gasteiger partial charge in [0.2, 0.25) is 0 Å². The minimum absolute atomic E-state index is 0. The van der Waals surface area contributed by atoms with Crippen LogP contribution in [0.3, 0.4) is 0 Å². The number of benzene rings is 3. The van der Waals surface area contributed by atoms with Gasteiger partial charge >= 0.3 is 20.1 Å². The van der Waals surface area contributed by atoms with Gasteiger partial charge in [-0.3, -0.25) is 4.98 Å². The summed E-state index contributed by atoms with van der Waals surface area (Å²) in [6.07, 6.45) is 1.08. The topological polar surface area (TPSA) is 54.2 Å². The van der Waals surface area contributed by atoms with Gasteiger partial charge in [0.05, 0.1) is 5.52 Å². The van der Waals surface area contributed by atoms with E-state index in [2.05, 4.69) is 70.4 Å². The maximum atomic E-state index is 6.16. The predicted molar refractivity (Wildman–Crippen MR) is 154 cm³/mol. The van der Waals surface area contributed by atoms with Crippen molar-refractivity contribution in [3.8, 4) is 11.3 Å². The average molecular weight is 671 g/mol. The number of rotatable bonds is 7. The van der Waals surface area contributed by atoms with Crippen LogP contribution in [0.1, 0.15) is 48.0 Å². The molecule has 5 rings (SSSR count). The first-order chi connectivity index (χ1) is 17.3. The quantitative estimate of drug-likeness (QED) is 0.162. The molecule has 0 aliphatic heterocycles. The SMILES string of the molecule is CC(C)[N-]C(C)CC(C)[N-]C(C)C.[Ir+3].[c-]1ccccc1-c1nc2ccccc2c2c1oc1ccccc12. The maximum absolute atomic E-state index is 6.16. The van der Waals surface area contributed by atoms with Crippen LogP contribution in [0.2, 0.25) is 0 Å². The Morgan fingerprint density at radius 3 is 1.97 bits per heavy atom. The second-order valence-electron chi connectivity index (χ2n) is 9.98. The van der Waals surface area contributed by atoms with E-state index in [9.17, 15) is 0 Å². The summed E-state index contributed by atoms with van der Waals surface area (Å²) in [4.78, 5) is 4.84. The van der Waals surface area contributed by atoms with Gasteiger partial charge in [-0.25, -0.2) is 0 Å². The summed E-state index contributed by atoms with van der Waals surface area (Å²) in [7, 11) is 0. The van der Waals surface area contributed by atoms with E-state index < -0.39 is 0 Å². The molecule has 5 aromatic rings. The van der Waals surface area contributed by atoms with Gasteiger partial charge in [0.25, 0.3) is 0 Å². The number of fused-ring (bicyclic) bond motifs is 5. The molecule has 0 bridgehead atoms. The van der Waals surface area contributed by atoms with Crippen LogP contribution < -0.4 is 0 Å². The van der Waals surface area contributed by atoms with Crippen molar-refractivity contribution in [2.24, 2.45) is 0 Å². The van der Waals surface area contributed by atoms with E-state index in [4.69, 9.17) is 9.40 Å². The van der Waals surface area contributed by atoms with Crippen molar-refractivity contribution in [3.05, 3.63) is 89.5 Å². The second kappa shape index (κ2) is 13.3. The molecule has 0 fully saturated rings. The van der Waals surface area contributed by atoms with E-state index in [1.54, 1.807) is 0 Å². The van der Waals surface area contributed by atoms with Crippen LogP contribution >= 0.6 is 0 Å². The fourth-order valence-electron chi connectivity index (χ4n) is 4.79. The molecule has 0 amide bonds. The van der Waals surface area contributed by atoms with Gasteiger partial charge in [-0.05, 0) is 12.1 Å². The van der Waals surface area contributed by atoms with Gasteiger partial charge in [-0.2, -0.15) is 0 Å². The Balaban J connectivity index is 0.000000237. The summed E-state index contributed by atoms with van der Waals surface area (Å²) >= 11 is 0. The molecule has 2 atom stereocenters. The summed E-state index contributed by atoms with van der Waals surface area (Å²) in [5.41, 5.74) is 4.47. The Kier molecular flexibility index (Phi) is 10.4. The molecule has 0 radical (unpaired) electrons. The number of pyridine rings is 1. The van der Waals surface area contributed by atoms with Gasteiger partial charge in [-0.15, -0.1) is 60.1 Å². The normalized spacial score (nSPS) is 13.0. The molecule has 2 unspecified atom stereocenters. The number of aromatic nitrogens is 1. The van der Waals surface area contributed by atoms with Gasteiger partial charge in [0.15, 0.2) is 0 Å². The van der Waals surface area contributed by atoms with Crippen molar-refractivity contribution in [1.29, 1.82) is 0 Å². The van der Waals surface area contributed by atoms with Crippen molar-refractivity contribution in [3.63, 3.8) is 0 Å². The Morgan fingerprint density at radius 2 is 1.35 bits per heavy atom. The zero-order chi connectivity index (χ0) is 25.7. The Labute approximate surface area is 234 Å². The van der Waals surface area contributed by atoms with Crippen LogP contribution in [0.25, 0.3) is 54.7 Å². The van der Waals surface area contributed by atoms with Crippen LogP contribution in [-0.2, 0) is 20.1 Å². The van der Waals surface area contributed by atoms with Gasteiger partial charge in [0, 0.05) is 21.9 Å². The van der Waals surface area contributed by atoms with E-state index in [1.807, 2.05) is 60.7 Å². The van der Waals surface area contributed by atoms with Crippen LogP contribution in [0.15, 0.2) is 77.2 Å². The molecule has 0 saturated carbocycles. The fraction of sp³-hybridized carbons (Fsp3) is 0.344. The van der Waals surface area contributed by atoms with Crippen molar-refractivity contribution in [2.75, 3.05) is 0 Å². The molecule has 2 heterocycles. The Bertz CT molecular complexity index is 1400. The zero-order valence-electron chi connectivity index (χ0n) is 22.5. The van der Waals surface area contributed by atoms with Gasteiger partial charge in [0.1, 0.15) is 11.2 Å². The molecule has 0 N–H and O–H groups in total. The molecule has 0 aliphatic rings. The van der Waals surface area contributed by atoms with Crippen molar-refractivity contribution in [1.82, 2.24) is 4.98 Å². The third-order valence-corrected chi connectivity index (χ3v) is 5.97. The van der Waals surface area contributed by atoms with Crippen molar-refractivity contribution < 1.29 is 24.5 Å². The molecule has 0 saturated heterocycles. The minimum atomic E-state index is 0. The molecule has 0 aliphatic carbocycles. The molecule has 0 spiro atoms. The standard InChI is InChI=1S/C21H12NO.C11H24N2.Ir/c1-2-8-14(9-3-1)20-21-19(15-10-4-6-12-17(15)22-20)16-11-5-7-13-18(16)23-21;1-8(2)12-10(5)7-11(6)13-9(3)4;/h1-8,10-13H;8-11H,7H2,1-6H3;/q-1;-2;+3. The summed E-state index contributed by atoms with van der Waals surface area (Å²) in [5, 5.41) is 12.5. The molecule has 2 aromatic heterocycles. The van der Waals surface area contributed by atoms with E-state index in [0.29, 0.717) is 24.2 Å². The van der Waals surface area contributed by atoms with Gasteiger partial charge in [-0.1, -0.05) is 84.4 Å². The first-order valence-corrected chi connectivity index (χ1v) is 12.9. The Hall–Kier alpha value is -2.56. The minimum Gasteiger partial charge on any atom is -0.657 e. The van der Waals surface area contributed by atoms with E-state index in [1.165, 1.54) is 0 Å². The molecular formula is C32H36IrN3O. The summed E-state index contributed by atoms with van der Waals surface area (Å²) in [5.74, 6) is 0. The molecule has 4 nitrogen and oxygen atoms in total. The third kappa shape index (κ3) is 7.27.